The Morgan fingerprint density at radius 2 is 1.31 bits per heavy atom. The average Bonchev–Trinajstić information content (AvgIpc) is 2.71. The predicted octanol–water partition coefficient (Wildman–Crippen LogP) is 3.05. The summed E-state index contributed by atoms with van der Waals surface area (Å²) in [6.07, 6.45) is 0. The van der Waals surface area contributed by atoms with E-state index < -0.39 is 18.5 Å². The zero-order valence-electron chi connectivity index (χ0n) is 15.5. The number of benzene rings is 2. The lowest BCUT2D eigenvalue weighted by Gasteiger charge is -2.08. The normalized spacial score (nSPS) is 10.4. The number of carboxylic acids is 2. The van der Waals surface area contributed by atoms with Gasteiger partial charge in [0.15, 0.2) is 19.0 Å². The van der Waals surface area contributed by atoms with Gasteiger partial charge in [-0.25, -0.2) is 14.6 Å². The van der Waals surface area contributed by atoms with Gasteiger partial charge in [-0.2, -0.15) is 4.98 Å². The van der Waals surface area contributed by atoms with Crippen molar-refractivity contribution in [3.63, 3.8) is 0 Å². The lowest BCUT2D eigenvalue weighted by Crippen LogP contribution is -2.11. The maximum absolute atomic E-state index is 10.7. The van der Waals surface area contributed by atoms with Crippen molar-refractivity contribution in [3.8, 4) is 34.1 Å². The van der Waals surface area contributed by atoms with Gasteiger partial charge in [0.25, 0.3) is 0 Å². The molecule has 0 saturated carbocycles. The highest BCUT2D eigenvalue weighted by molar-refractivity contribution is 5.70. The molecule has 1 heterocycles. The van der Waals surface area contributed by atoms with Crippen LogP contribution in [0, 0.1) is 6.92 Å². The quantitative estimate of drug-likeness (QED) is 0.598. The van der Waals surface area contributed by atoms with Crippen molar-refractivity contribution >= 4 is 11.9 Å². The van der Waals surface area contributed by atoms with Crippen molar-refractivity contribution in [1.82, 2.24) is 9.97 Å². The third-order valence-corrected chi connectivity index (χ3v) is 3.87. The van der Waals surface area contributed by atoms with Crippen molar-refractivity contribution in [3.05, 3.63) is 60.3 Å². The molecule has 0 aliphatic carbocycles. The molecule has 8 heteroatoms. The van der Waals surface area contributed by atoms with Crippen molar-refractivity contribution in [2.24, 2.45) is 0 Å². The first-order valence-electron chi connectivity index (χ1n) is 8.66. The fourth-order valence-corrected chi connectivity index (χ4v) is 2.58. The molecular weight excluding hydrogens is 376 g/mol. The van der Waals surface area contributed by atoms with Crippen LogP contribution >= 0.6 is 0 Å². The molecule has 0 unspecified atom stereocenters. The smallest absolute Gasteiger partial charge is 0.341 e. The molecule has 0 spiro atoms. The lowest BCUT2D eigenvalue weighted by molar-refractivity contribution is -0.140. The van der Waals surface area contributed by atoms with Gasteiger partial charge >= 0.3 is 11.9 Å². The second-order valence-corrected chi connectivity index (χ2v) is 6.14. The van der Waals surface area contributed by atoms with Crippen molar-refractivity contribution < 1.29 is 29.3 Å². The summed E-state index contributed by atoms with van der Waals surface area (Å²) in [6.45, 7) is 0.921. The van der Waals surface area contributed by atoms with E-state index >= 15 is 0 Å². The molecule has 3 rings (SSSR count). The molecule has 0 amide bonds. The van der Waals surface area contributed by atoms with Gasteiger partial charge in [0.1, 0.15) is 5.75 Å². The Balaban J connectivity index is 1.76. The molecule has 3 aromatic rings. The number of hydrogen-bond donors (Lipinski definition) is 2. The van der Waals surface area contributed by atoms with Gasteiger partial charge in [-0.05, 0) is 30.2 Å². The summed E-state index contributed by atoms with van der Waals surface area (Å²) in [7, 11) is 0. The standard InChI is InChI=1S/C21H18N2O6/c1-13-10-18(29-12-20(26)27)23-21(22-13)16-4-2-14(3-5-16)15-6-8-17(9-7-15)28-11-19(24)25/h2-10H,11-12H2,1H3,(H,24,25)(H,26,27). The molecule has 8 nitrogen and oxygen atoms in total. The second kappa shape index (κ2) is 8.83. The number of hydrogen-bond acceptors (Lipinski definition) is 6. The summed E-state index contributed by atoms with van der Waals surface area (Å²) in [5, 5.41) is 17.4. The monoisotopic (exact) mass is 394 g/mol. The Hall–Kier alpha value is -3.94. The molecule has 148 valence electrons. The fourth-order valence-electron chi connectivity index (χ4n) is 2.58. The van der Waals surface area contributed by atoms with Crippen LogP contribution in [0.15, 0.2) is 54.6 Å². The van der Waals surface area contributed by atoms with Crippen LogP contribution in [-0.2, 0) is 9.59 Å². The topological polar surface area (TPSA) is 119 Å². The van der Waals surface area contributed by atoms with Crippen LogP contribution in [0.3, 0.4) is 0 Å². The highest BCUT2D eigenvalue weighted by atomic mass is 16.5. The SMILES string of the molecule is Cc1cc(OCC(=O)O)nc(-c2ccc(-c3ccc(OCC(=O)O)cc3)cc2)n1. The zero-order chi connectivity index (χ0) is 20.8. The molecule has 0 fully saturated rings. The molecular formula is C21H18N2O6. The summed E-state index contributed by atoms with van der Waals surface area (Å²) in [6, 6.07) is 16.2. The van der Waals surface area contributed by atoms with E-state index in [1.165, 1.54) is 0 Å². The third kappa shape index (κ3) is 5.52. The van der Waals surface area contributed by atoms with Gasteiger partial charge in [0, 0.05) is 17.3 Å². The number of aromatic nitrogens is 2. The average molecular weight is 394 g/mol. The highest BCUT2D eigenvalue weighted by Gasteiger charge is 2.08. The van der Waals surface area contributed by atoms with Gasteiger partial charge in [0.05, 0.1) is 0 Å². The summed E-state index contributed by atoms with van der Waals surface area (Å²) in [5.74, 6) is -0.980. The molecule has 2 N–H and O–H groups in total. The van der Waals surface area contributed by atoms with E-state index in [1.54, 1.807) is 25.1 Å². The lowest BCUT2D eigenvalue weighted by atomic mass is 10.0. The molecule has 2 aromatic carbocycles. The number of ether oxygens (including phenoxy) is 2. The van der Waals surface area contributed by atoms with Crippen molar-refractivity contribution in [1.29, 1.82) is 0 Å². The van der Waals surface area contributed by atoms with E-state index in [9.17, 15) is 9.59 Å². The van der Waals surface area contributed by atoms with E-state index in [4.69, 9.17) is 19.7 Å². The minimum atomic E-state index is -1.08. The van der Waals surface area contributed by atoms with Crippen molar-refractivity contribution in [2.45, 2.75) is 6.92 Å². The number of nitrogens with zero attached hydrogens (tertiary/aromatic N) is 2. The Morgan fingerprint density at radius 1 is 0.793 bits per heavy atom. The van der Waals surface area contributed by atoms with E-state index in [0.717, 1.165) is 16.7 Å². The Bertz CT molecular complexity index is 1020. The highest BCUT2D eigenvalue weighted by Crippen LogP contribution is 2.26. The van der Waals surface area contributed by atoms with Crippen LogP contribution in [0.25, 0.3) is 22.5 Å². The van der Waals surface area contributed by atoms with Crippen molar-refractivity contribution in [2.75, 3.05) is 13.2 Å². The van der Waals surface area contributed by atoms with Gasteiger partial charge in [0.2, 0.25) is 5.88 Å². The van der Waals surface area contributed by atoms with E-state index in [2.05, 4.69) is 9.97 Å². The maximum atomic E-state index is 10.7. The molecule has 29 heavy (non-hydrogen) atoms. The Kier molecular flexibility index (Phi) is 6.03. The van der Waals surface area contributed by atoms with Crippen LogP contribution in [0.2, 0.25) is 0 Å². The molecule has 1 aromatic heterocycles. The first-order valence-corrected chi connectivity index (χ1v) is 8.66. The number of aliphatic carboxylic acids is 2. The molecule has 0 radical (unpaired) electrons. The van der Waals surface area contributed by atoms with E-state index in [0.29, 0.717) is 17.3 Å². The maximum Gasteiger partial charge on any atom is 0.341 e. The van der Waals surface area contributed by atoms with E-state index in [-0.39, 0.29) is 12.5 Å². The molecule has 0 atom stereocenters. The van der Waals surface area contributed by atoms with Crippen LogP contribution in [-0.4, -0.2) is 45.3 Å². The largest absolute Gasteiger partial charge is 0.482 e. The summed E-state index contributed by atoms with van der Waals surface area (Å²) < 4.78 is 10.3. The minimum absolute atomic E-state index is 0.205. The van der Waals surface area contributed by atoms with Crippen LogP contribution in [0.4, 0.5) is 0 Å². The zero-order valence-corrected chi connectivity index (χ0v) is 15.5. The summed E-state index contributed by atoms with van der Waals surface area (Å²) >= 11 is 0. The Labute approximate surface area is 166 Å². The van der Waals surface area contributed by atoms with Gasteiger partial charge in [-0.3, -0.25) is 0 Å². The van der Waals surface area contributed by atoms with Crippen LogP contribution in [0.5, 0.6) is 11.6 Å². The van der Waals surface area contributed by atoms with Gasteiger partial charge in [-0.1, -0.05) is 36.4 Å². The number of aryl methyl sites for hydroxylation is 1. The van der Waals surface area contributed by atoms with Crippen LogP contribution in [0.1, 0.15) is 5.69 Å². The number of carbonyl (C=O) groups is 2. The molecule has 0 aliphatic heterocycles. The predicted molar refractivity (Wildman–Crippen MR) is 104 cm³/mol. The number of carboxylic acid groups (broad SMARTS) is 2. The van der Waals surface area contributed by atoms with Crippen LogP contribution < -0.4 is 9.47 Å². The minimum Gasteiger partial charge on any atom is -0.482 e. The second-order valence-electron chi connectivity index (χ2n) is 6.14. The van der Waals surface area contributed by atoms with E-state index in [1.807, 2.05) is 36.4 Å². The Morgan fingerprint density at radius 3 is 1.90 bits per heavy atom. The summed E-state index contributed by atoms with van der Waals surface area (Å²) in [5.41, 5.74) is 3.32. The first kappa shape index (κ1) is 19.8. The number of rotatable bonds is 8. The third-order valence-electron chi connectivity index (χ3n) is 3.87. The molecule has 0 saturated heterocycles. The summed E-state index contributed by atoms with van der Waals surface area (Å²) in [4.78, 5) is 29.9. The first-order chi connectivity index (χ1) is 13.9. The van der Waals surface area contributed by atoms with Gasteiger partial charge < -0.3 is 19.7 Å². The van der Waals surface area contributed by atoms with Gasteiger partial charge in [-0.15, -0.1) is 0 Å². The molecule has 0 bridgehead atoms. The molecule has 0 aliphatic rings. The fraction of sp³-hybridized carbons (Fsp3) is 0.143.